The molecule has 1 aromatic rings. The molecule has 0 aliphatic heterocycles. The highest BCUT2D eigenvalue weighted by atomic mass is 16.2. The zero-order valence-corrected chi connectivity index (χ0v) is 10.6. The van der Waals surface area contributed by atoms with E-state index in [0.29, 0.717) is 17.3 Å². The summed E-state index contributed by atoms with van der Waals surface area (Å²) < 4.78 is 0. The average Bonchev–Trinajstić information content (AvgIpc) is 3.01. The molecule has 1 atom stereocenters. The van der Waals surface area contributed by atoms with Gasteiger partial charge in [-0.3, -0.25) is 9.89 Å². The highest BCUT2D eigenvalue weighted by Crippen LogP contribution is 2.32. The van der Waals surface area contributed by atoms with Gasteiger partial charge in [0, 0.05) is 6.04 Å². The van der Waals surface area contributed by atoms with E-state index >= 15 is 0 Å². The first-order valence-electron chi connectivity index (χ1n) is 6.15. The van der Waals surface area contributed by atoms with Crippen molar-refractivity contribution >= 4 is 11.6 Å². The molecule has 17 heavy (non-hydrogen) atoms. The molecule has 1 fully saturated rings. The third kappa shape index (κ3) is 2.43. The van der Waals surface area contributed by atoms with Crippen LogP contribution in [0.2, 0.25) is 0 Å². The topological polar surface area (TPSA) is 83.8 Å². The second kappa shape index (κ2) is 4.39. The molecule has 1 amide bonds. The minimum Gasteiger partial charge on any atom is -0.395 e. The fourth-order valence-electron chi connectivity index (χ4n) is 1.97. The third-order valence-electron chi connectivity index (χ3n) is 3.31. The molecule has 2 rings (SSSR count). The number of carbonyl (C=O) groups excluding carboxylic acids is 1. The van der Waals surface area contributed by atoms with Crippen LogP contribution in [0.5, 0.6) is 0 Å². The van der Waals surface area contributed by atoms with Crippen LogP contribution in [0.25, 0.3) is 0 Å². The molecule has 0 radical (unpaired) electrons. The van der Waals surface area contributed by atoms with Crippen LogP contribution in [-0.4, -0.2) is 22.1 Å². The summed E-state index contributed by atoms with van der Waals surface area (Å²) in [5.41, 5.74) is 7.54. The van der Waals surface area contributed by atoms with Crippen molar-refractivity contribution in [3.05, 3.63) is 11.4 Å². The number of aromatic nitrogens is 2. The Morgan fingerprint density at radius 3 is 2.59 bits per heavy atom. The molecule has 94 valence electrons. The highest BCUT2D eigenvalue weighted by molar-refractivity contribution is 5.97. The van der Waals surface area contributed by atoms with Gasteiger partial charge in [-0.25, -0.2) is 0 Å². The summed E-state index contributed by atoms with van der Waals surface area (Å²) in [5, 5.41) is 9.79. The molecule has 1 aromatic heterocycles. The molecule has 5 nitrogen and oxygen atoms in total. The Morgan fingerprint density at radius 2 is 2.12 bits per heavy atom. The Hall–Kier alpha value is -1.52. The van der Waals surface area contributed by atoms with Crippen molar-refractivity contribution in [2.24, 2.45) is 5.92 Å². The normalized spacial score (nSPS) is 17.2. The lowest BCUT2D eigenvalue weighted by Crippen LogP contribution is -2.34. The number of nitrogens with two attached hydrogens (primary N) is 1. The quantitative estimate of drug-likeness (QED) is 0.743. The Labute approximate surface area is 101 Å². The van der Waals surface area contributed by atoms with E-state index in [9.17, 15) is 4.79 Å². The number of carbonyl (C=O) groups is 1. The predicted octanol–water partition coefficient (Wildman–Crippen LogP) is 1.64. The summed E-state index contributed by atoms with van der Waals surface area (Å²) >= 11 is 0. The fraction of sp³-hybridized carbons (Fsp3) is 0.667. The molecule has 1 heterocycles. The number of aromatic amines is 1. The van der Waals surface area contributed by atoms with Crippen LogP contribution >= 0.6 is 0 Å². The zero-order valence-electron chi connectivity index (χ0n) is 10.6. The van der Waals surface area contributed by atoms with Gasteiger partial charge in [0.1, 0.15) is 0 Å². The molecule has 1 saturated carbocycles. The minimum atomic E-state index is -0.176. The number of rotatable bonds is 4. The van der Waals surface area contributed by atoms with Gasteiger partial charge in [-0.05, 0) is 31.6 Å². The second-order valence-corrected chi connectivity index (χ2v) is 5.15. The van der Waals surface area contributed by atoms with Crippen molar-refractivity contribution in [3.8, 4) is 0 Å². The molecule has 0 bridgehead atoms. The Balaban J connectivity index is 2.08. The smallest absolute Gasteiger partial charge is 0.274 e. The number of nitrogen functional groups attached to an aromatic ring is 1. The van der Waals surface area contributed by atoms with Gasteiger partial charge in [-0.2, -0.15) is 5.10 Å². The summed E-state index contributed by atoms with van der Waals surface area (Å²) in [5.74, 6) is 0.693. The number of nitrogens with one attached hydrogen (secondary N) is 2. The Morgan fingerprint density at radius 1 is 1.47 bits per heavy atom. The fourth-order valence-corrected chi connectivity index (χ4v) is 1.97. The number of hydrogen-bond acceptors (Lipinski definition) is 3. The maximum absolute atomic E-state index is 12.0. The third-order valence-corrected chi connectivity index (χ3v) is 3.31. The van der Waals surface area contributed by atoms with E-state index in [1.165, 1.54) is 12.8 Å². The number of H-pyrrole nitrogens is 1. The Kier molecular flexibility index (Phi) is 3.09. The molecule has 5 heteroatoms. The van der Waals surface area contributed by atoms with E-state index in [-0.39, 0.29) is 17.9 Å². The van der Waals surface area contributed by atoms with E-state index < -0.39 is 0 Å². The van der Waals surface area contributed by atoms with Gasteiger partial charge in [0.25, 0.3) is 5.91 Å². The molecule has 1 aliphatic carbocycles. The summed E-state index contributed by atoms with van der Waals surface area (Å²) in [6.45, 7) is 6.05. The van der Waals surface area contributed by atoms with Crippen LogP contribution in [0, 0.1) is 5.92 Å². The van der Waals surface area contributed by atoms with Gasteiger partial charge in [0.05, 0.1) is 11.4 Å². The average molecular weight is 236 g/mol. The molecule has 0 aromatic carbocycles. The molecular weight excluding hydrogens is 216 g/mol. The van der Waals surface area contributed by atoms with Crippen molar-refractivity contribution in [1.82, 2.24) is 15.5 Å². The monoisotopic (exact) mass is 236 g/mol. The lowest BCUT2D eigenvalue weighted by molar-refractivity contribution is 0.0931. The van der Waals surface area contributed by atoms with E-state index in [4.69, 9.17) is 5.73 Å². The molecule has 1 unspecified atom stereocenters. The molecule has 0 saturated heterocycles. The lowest BCUT2D eigenvalue weighted by atomic mass is 10.1. The first kappa shape index (κ1) is 12.0. The van der Waals surface area contributed by atoms with Crippen LogP contribution in [0.4, 0.5) is 5.69 Å². The summed E-state index contributed by atoms with van der Waals surface area (Å²) in [6.07, 6.45) is 2.41. The second-order valence-electron chi connectivity index (χ2n) is 5.15. The highest BCUT2D eigenvalue weighted by Gasteiger charge is 2.30. The van der Waals surface area contributed by atoms with E-state index in [1.54, 1.807) is 0 Å². The van der Waals surface area contributed by atoms with E-state index in [0.717, 1.165) is 5.69 Å². The van der Waals surface area contributed by atoms with Crippen LogP contribution in [-0.2, 0) is 0 Å². The van der Waals surface area contributed by atoms with Crippen LogP contribution in [0.1, 0.15) is 55.7 Å². The molecule has 0 spiro atoms. The van der Waals surface area contributed by atoms with Crippen molar-refractivity contribution in [2.45, 2.75) is 45.6 Å². The Bertz CT molecular complexity index is 420. The van der Waals surface area contributed by atoms with Gasteiger partial charge in [0.2, 0.25) is 0 Å². The van der Waals surface area contributed by atoms with Gasteiger partial charge >= 0.3 is 0 Å². The van der Waals surface area contributed by atoms with Crippen LogP contribution < -0.4 is 11.1 Å². The lowest BCUT2D eigenvalue weighted by Gasteiger charge is -2.11. The number of anilines is 1. The van der Waals surface area contributed by atoms with Crippen molar-refractivity contribution in [1.29, 1.82) is 0 Å². The van der Waals surface area contributed by atoms with Crippen molar-refractivity contribution in [3.63, 3.8) is 0 Å². The summed E-state index contributed by atoms with van der Waals surface area (Å²) in [6, 6.07) is 0.209. The molecule has 1 aliphatic rings. The van der Waals surface area contributed by atoms with E-state index in [2.05, 4.69) is 15.5 Å². The molecular formula is C12H20N4O. The van der Waals surface area contributed by atoms with E-state index in [1.807, 2.05) is 20.8 Å². The van der Waals surface area contributed by atoms with Gasteiger partial charge in [-0.1, -0.05) is 13.8 Å². The zero-order chi connectivity index (χ0) is 12.6. The first-order valence-corrected chi connectivity index (χ1v) is 6.15. The predicted molar refractivity (Wildman–Crippen MR) is 66.7 cm³/mol. The maximum atomic E-state index is 12.0. The number of nitrogens with zero attached hydrogens (tertiary/aromatic N) is 1. The summed E-state index contributed by atoms with van der Waals surface area (Å²) in [4.78, 5) is 12.0. The van der Waals surface area contributed by atoms with Crippen LogP contribution in [0.15, 0.2) is 0 Å². The number of amides is 1. The SMILES string of the molecule is CC(C)c1[nH]nc(C(=O)NC(C)C2CC2)c1N. The van der Waals surface area contributed by atoms with Gasteiger partial charge in [0.15, 0.2) is 5.69 Å². The van der Waals surface area contributed by atoms with Crippen molar-refractivity contribution in [2.75, 3.05) is 5.73 Å². The van der Waals surface area contributed by atoms with Gasteiger partial charge < -0.3 is 11.1 Å². The minimum absolute atomic E-state index is 0.176. The van der Waals surface area contributed by atoms with Crippen LogP contribution in [0.3, 0.4) is 0 Å². The van der Waals surface area contributed by atoms with Crippen molar-refractivity contribution < 1.29 is 4.79 Å². The maximum Gasteiger partial charge on any atom is 0.274 e. The standard InChI is InChI=1S/C12H20N4O/c1-6(2)10-9(13)11(16-15-10)12(17)14-7(3)8-4-5-8/h6-8H,4-5,13H2,1-3H3,(H,14,17)(H,15,16). The first-order chi connectivity index (χ1) is 8.00. The molecule has 4 N–H and O–H groups in total. The van der Waals surface area contributed by atoms with Gasteiger partial charge in [-0.15, -0.1) is 0 Å². The largest absolute Gasteiger partial charge is 0.395 e. The number of hydrogen-bond donors (Lipinski definition) is 3. The summed E-state index contributed by atoms with van der Waals surface area (Å²) in [7, 11) is 0.